The molecule has 1 unspecified atom stereocenters. The number of benzene rings is 3. The van der Waals surface area contributed by atoms with E-state index in [-0.39, 0.29) is 0 Å². The van der Waals surface area contributed by atoms with E-state index in [0.717, 1.165) is 16.7 Å². The molecule has 1 atom stereocenters. The lowest BCUT2D eigenvalue weighted by Gasteiger charge is -2.16. The number of rotatable bonds is 9. The molecule has 0 aromatic heterocycles. The molecule has 0 radical (unpaired) electrons. The zero-order chi connectivity index (χ0) is 23.1. The molecule has 0 aliphatic rings. The van der Waals surface area contributed by atoms with Gasteiger partial charge in [-0.25, -0.2) is 0 Å². The van der Waals surface area contributed by atoms with Gasteiger partial charge in [-0.15, -0.1) is 0 Å². The molecule has 2 N–H and O–H groups in total. The summed E-state index contributed by atoms with van der Waals surface area (Å²) in [6.07, 6.45) is 4.11. The molecular weight excluding hydrogens is 402 g/mol. The van der Waals surface area contributed by atoms with Gasteiger partial charge in [-0.1, -0.05) is 60.7 Å². The standard InChI is InChI=1S/C27H29NO4/c1-18-21(11-8-12-23(18)22-9-6-5-7-10-22)14-13-20-15-25(31-3)24(26(16-20)32-4)17-28-19(2)27(29)30/h5-16,19,28H,17H2,1-4H3,(H,29,30). The lowest BCUT2D eigenvalue weighted by molar-refractivity contribution is -0.139. The van der Waals surface area contributed by atoms with E-state index < -0.39 is 12.0 Å². The minimum atomic E-state index is -0.907. The van der Waals surface area contributed by atoms with Crippen LogP contribution in [0.25, 0.3) is 23.3 Å². The summed E-state index contributed by atoms with van der Waals surface area (Å²) in [5, 5.41) is 12.1. The van der Waals surface area contributed by atoms with Crippen molar-refractivity contribution in [3.63, 3.8) is 0 Å². The fourth-order valence-electron chi connectivity index (χ4n) is 3.57. The molecule has 0 aliphatic heterocycles. The van der Waals surface area contributed by atoms with E-state index in [2.05, 4.69) is 48.6 Å². The number of carboxylic acids is 1. The van der Waals surface area contributed by atoms with Gasteiger partial charge in [0.2, 0.25) is 0 Å². The molecule has 3 rings (SSSR count). The Kier molecular flexibility index (Phi) is 7.68. The number of ether oxygens (including phenoxy) is 2. The Labute approximate surface area is 189 Å². The van der Waals surface area contributed by atoms with Crippen molar-refractivity contribution in [2.24, 2.45) is 0 Å². The van der Waals surface area contributed by atoms with Gasteiger partial charge in [0.15, 0.2) is 0 Å². The van der Waals surface area contributed by atoms with Crippen LogP contribution in [0.4, 0.5) is 0 Å². The maximum Gasteiger partial charge on any atom is 0.320 e. The molecular formula is C27H29NO4. The number of methoxy groups -OCH3 is 2. The van der Waals surface area contributed by atoms with Crippen molar-refractivity contribution in [1.82, 2.24) is 5.32 Å². The molecule has 0 heterocycles. The van der Waals surface area contributed by atoms with Gasteiger partial charge in [-0.3, -0.25) is 4.79 Å². The SMILES string of the molecule is COc1cc(C=Cc2cccc(-c3ccccc3)c2C)cc(OC)c1CNC(C)C(=O)O. The summed E-state index contributed by atoms with van der Waals surface area (Å²) in [7, 11) is 3.19. The van der Waals surface area contributed by atoms with Crippen LogP contribution in [0.5, 0.6) is 11.5 Å². The van der Waals surface area contributed by atoms with Crippen molar-refractivity contribution >= 4 is 18.1 Å². The number of nitrogens with one attached hydrogen (secondary N) is 1. The quantitative estimate of drug-likeness (QED) is 0.443. The fourth-order valence-corrected chi connectivity index (χ4v) is 3.57. The number of hydrogen-bond donors (Lipinski definition) is 2. The number of carbonyl (C=O) groups is 1. The molecule has 3 aromatic carbocycles. The molecule has 0 amide bonds. The van der Waals surface area contributed by atoms with E-state index in [1.165, 1.54) is 16.7 Å². The Bertz CT molecular complexity index is 1080. The van der Waals surface area contributed by atoms with Crippen molar-refractivity contribution in [3.8, 4) is 22.6 Å². The summed E-state index contributed by atoms with van der Waals surface area (Å²) in [6.45, 7) is 4.05. The third-order valence-corrected chi connectivity index (χ3v) is 5.50. The molecule has 166 valence electrons. The first-order valence-corrected chi connectivity index (χ1v) is 10.5. The van der Waals surface area contributed by atoms with E-state index in [1.54, 1.807) is 21.1 Å². The first-order valence-electron chi connectivity index (χ1n) is 10.5. The van der Waals surface area contributed by atoms with Crippen molar-refractivity contribution in [1.29, 1.82) is 0 Å². The molecule has 3 aromatic rings. The first-order chi connectivity index (χ1) is 15.4. The molecule has 32 heavy (non-hydrogen) atoms. The van der Waals surface area contributed by atoms with Crippen LogP contribution in [0.15, 0.2) is 60.7 Å². The third kappa shape index (κ3) is 5.37. The molecule has 0 saturated heterocycles. The second kappa shape index (κ2) is 10.6. The van der Waals surface area contributed by atoms with Crippen LogP contribution in [0.2, 0.25) is 0 Å². The monoisotopic (exact) mass is 431 g/mol. The van der Waals surface area contributed by atoms with E-state index in [1.807, 2.05) is 36.4 Å². The summed E-state index contributed by atoms with van der Waals surface area (Å²) in [5.41, 5.74) is 6.44. The predicted octanol–water partition coefficient (Wildman–Crippen LogP) is 5.41. The molecule has 0 saturated carbocycles. The van der Waals surface area contributed by atoms with Crippen molar-refractivity contribution in [2.45, 2.75) is 26.4 Å². The smallest absolute Gasteiger partial charge is 0.320 e. The van der Waals surface area contributed by atoms with Crippen LogP contribution in [0.3, 0.4) is 0 Å². The second-order valence-electron chi connectivity index (χ2n) is 7.56. The van der Waals surface area contributed by atoms with Crippen LogP contribution >= 0.6 is 0 Å². The minimum absolute atomic E-state index is 0.321. The lowest BCUT2D eigenvalue weighted by atomic mass is 9.96. The van der Waals surface area contributed by atoms with Crippen LogP contribution in [-0.4, -0.2) is 31.3 Å². The van der Waals surface area contributed by atoms with Crippen LogP contribution in [0, 0.1) is 6.92 Å². The fraction of sp³-hybridized carbons (Fsp3) is 0.222. The maximum atomic E-state index is 11.1. The van der Waals surface area contributed by atoms with Crippen LogP contribution in [-0.2, 0) is 11.3 Å². The zero-order valence-electron chi connectivity index (χ0n) is 18.9. The molecule has 0 aliphatic carbocycles. The van der Waals surface area contributed by atoms with Crippen LogP contribution in [0.1, 0.15) is 29.2 Å². The largest absolute Gasteiger partial charge is 0.496 e. The zero-order valence-corrected chi connectivity index (χ0v) is 18.9. The van der Waals surface area contributed by atoms with Gasteiger partial charge in [0, 0.05) is 12.1 Å². The average Bonchev–Trinajstić information content (AvgIpc) is 2.82. The van der Waals surface area contributed by atoms with E-state index in [0.29, 0.717) is 18.0 Å². The Balaban J connectivity index is 1.90. The normalized spacial score (nSPS) is 12.0. The molecule has 0 fully saturated rings. The molecule has 5 heteroatoms. The van der Waals surface area contributed by atoms with Gasteiger partial charge in [-0.05, 0) is 53.8 Å². The number of carboxylic acid groups (broad SMARTS) is 1. The van der Waals surface area contributed by atoms with Gasteiger partial charge in [0.05, 0.1) is 14.2 Å². The second-order valence-corrected chi connectivity index (χ2v) is 7.56. The minimum Gasteiger partial charge on any atom is -0.496 e. The molecule has 0 bridgehead atoms. The van der Waals surface area contributed by atoms with Gasteiger partial charge in [-0.2, -0.15) is 0 Å². The highest BCUT2D eigenvalue weighted by atomic mass is 16.5. The number of aliphatic carboxylic acids is 1. The van der Waals surface area contributed by atoms with E-state index in [4.69, 9.17) is 14.6 Å². The number of hydrogen-bond acceptors (Lipinski definition) is 4. The van der Waals surface area contributed by atoms with E-state index >= 15 is 0 Å². The first kappa shape index (κ1) is 23.1. The van der Waals surface area contributed by atoms with Gasteiger partial charge in [0.25, 0.3) is 0 Å². The van der Waals surface area contributed by atoms with Crippen LogP contribution < -0.4 is 14.8 Å². The Morgan fingerprint density at radius 1 is 1.00 bits per heavy atom. The topological polar surface area (TPSA) is 67.8 Å². The highest BCUT2D eigenvalue weighted by Crippen LogP contribution is 2.32. The van der Waals surface area contributed by atoms with Crippen molar-refractivity contribution < 1.29 is 19.4 Å². The predicted molar refractivity (Wildman–Crippen MR) is 129 cm³/mol. The van der Waals surface area contributed by atoms with Crippen molar-refractivity contribution in [2.75, 3.05) is 14.2 Å². The van der Waals surface area contributed by atoms with Gasteiger partial charge >= 0.3 is 5.97 Å². The van der Waals surface area contributed by atoms with Gasteiger partial charge in [0.1, 0.15) is 17.5 Å². The highest BCUT2D eigenvalue weighted by molar-refractivity contribution is 5.78. The Hall–Kier alpha value is -3.57. The maximum absolute atomic E-state index is 11.1. The summed E-state index contributed by atoms with van der Waals surface area (Å²) in [4.78, 5) is 11.1. The van der Waals surface area contributed by atoms with Crippen molar-refractivity contribution in [3.05, 3.63) is 82.9 Å². The molecule has 0 spiro atoms. The summed E-state index contributed by atoms with van der Waals surface area (Å²) in [6, 6.07) is 19.8. The summed E-state index contributed by atoms with van der Waals surface area (Å²) in [5.74, 6) is 0.378. The lowest BCUT2D eigenvalue weighted by Crippen LogP contribution is -2.33. The van der Waals surface area contributed by atoms with Gasteiger partial charge < -0.3 is 19.9 Å². The average molecular weight is 432 g/mol. The summed E-state index contributed by atoms with van der Waals surface area (Å²) >= 11 is 0. The Morgan fingerprint density at radius 2 is 1.66 bits per heavy atom. The summed E-state index contributed by atoms with van der Waals surface area (Å²) < 4.78 is 11.1. The Morgan fingerprint density at radius 3 is 2.25 bits per heavy atom. The molecule has 5 nitrogen and oxygen atoms in total. The third-order valence-electron chi connectivity index (χ3n) is 5.50. The van der Waals surface area contributed by atoms with E-state index in [9.17, 15) is 4.79 Å². The highest BCUT2D eigenvalue weighted by Gasteiger charge is 2.16.